The van der Waals surface area contributed by atoms with Crippen molar-refractivity contribution in [3.63, 3.8) is 0 Å². The summed E-state index contributed by atoms with van der Waals surface area (Å²) in [5.74, 6) is 0.397. The molecule has 2 N–H and O–H groups in total. The molecule has 1 fully saturated rings. The van der Waals surface area contributed by atoms with Gasteiger partial charge in [0.2, 0.25) is 0 Å². The molecule has 5 rings (SSSR count). The summed E-state index contributed by atoms with van der Waals surface area (Å²) in [5, 5.41) is 14.4. The molecule has 3 aromatic rings. The van der Waals surface area contributed by atoms with Crippen LogP contribution in [-0.4, -0.2) is 21.6 Å². The number of aromatic nitrogens is 1. The van der Waals surface area contributed by atoms with Gasteiger partial charge in [0.05, 0.1) is 5.60 Å². The zero-order valence-corrected chi connectivity index (χ0v) is 21.6. The van der Waals surface area contributed by atoms with Gasteiger partial charge in [-0.3, -0.25) is 9.78 Å². The normalized spacial score (nSPS) is 25.4. The molecule has 3 atom stereocenters. The quantitative estimate of drug-likeness (QED) is 0.448. The summed E-state index contributed by atoms with van der Waals surface area (Å²) in [7, 11) is 0. The smallest absolute Gasteiger partial charge is 0.251 e. The number of carbonyl (C=O) groups is 1. The van der Waals surface area contributed by atoms with Crippen molar-refractivity contribution < 1.29 is 9.90 Å². The Kier molecular flexibility index (Phi) is 6.98. The molecular weight excluding hydrogens is 444 g/mol. The maximum absolute atomic E-state index is 13.1. The second kappa shape index (κ2) is 10.2. The Bertz CT molecular complexity index is 1220. The second-order valence-electron chi connectivity index (χ2n) is 11.0. The summed E-state index contributed by atoms with van der Waals surface area (Å²) in [5.41, 5.74) is 6.20. The molecule has 1 saturated carbocycles. The van der Waals surface area contributed by atoms with E-state index in [2.05, 4.69) is 59.7 Å². The number of aryl methyl sites for hydroxylation is 2. The molecule has 2 aliphatic carbocycles. The van der Waals surface area contributed by atoms with Gasteiger partial charge in [-0.15, -0.1) is 0 Å². The Balaban J connectivity index is 1.46. The van der Waals surface area contributed by atoms with Gasteiger partial charge < -0.3 is 10.4 Å². The number of rotatable bonds is 6. The summed E-state index contributed by atoms with van der Waals surface area (Å²) in [6.07, 6.45) is 9.44. The fourth-order valence-corrected chi connectivity index (χ4v) is 6.71. The molecule has 1 aromatic heterocycles. The van der Waals surface area contributed by atoms with Crippen molar-refractivity contribution in [2.45, 2.75) is 82.8 Å². The van der Waals surface area contributed by atoms with Gasteiger partial charge in [-0.2, -0.15) is 0 Å². The lowest BCUT2D eigenvalue weighted by Crippen LogP contribution is -2.48. The average Bonchev–Trinajstić information content (AvgIpc) is 3.05. The van der Waals surface area contributed by atoms with Gasteiger partial charge in [-0.25, -0.2) is 0 Å². The monoisotopic (exact) mass is 482 g/mol. The minimum Gasteiger partial charge on any atom is -0.390 e. The lowest BCUT2D eigenvalue weighted by atomic mass is 9.55. The molecule has 0 spiro atoms. The number of amides is 1. The number of benzene rings is 2. The molecule has 2 aliphatic rings. The standard InChI is InChI=1S/C32H38N2O2/c1-3-31(36)16-17-32(20-24-9-5-4-6-10-24)28(21-31)13-7-11-25-19-26(14-15-29(25)32)30(35)34-22-27-12-8-18-33-23(27)2/h4-6,8-10,12,14-15,18-19,28,36H,3,7,11,13,16-17,20-22H2,1-2H3,(H,34,35)/t28-,31+,32-/m0/s1. The van der Waals surface area contributed by atoms with Crippen LogP contribution < -0.4 is 5.32 Å². The molecule has 188 valence electrons. The molecule has 0 aliphatic heterocycles. The maximum Gasteiger partial charge on any atom is 0.251 e. The number of nitrogens with one attached hydrogen (secondary N) is 1. The fourth-order valence-electron chi connectivity index (χ4n) is 6.71. The number of hydrogen-bond donors (Lipinski definition) is 2. The van der Waals surface area contributed by atoms with Crippen LogP contribution in [0.1, 0.15) is 83.8 Å². The molecule has 0 bridgehead atoms. The van der Waals surface area contributed by atoms with E-state index in [1.807, 2.05) is 25.1 Å². The summed E-state index contributed by atoms with van der Waals surface area (Å²) in [6, 6.07) is 21.1. The van der Waals surface area contributed by atoms with Gasteiger partial charge in [0.15, 0.2) is 0 Å². The van der Waals surface area contributed by atoms with E-state index in [0.717, 1.165) is 68.2 Å². The first-order valence-electron chi connectivity index (χ1n) is 13.5. The highest BCUT2D eigenvalue weighted by Crippen LogP contribution is 2.54. The van der Waals surface area contributed by atoms with Gasteiger partial charge >= 0.3 is 0 Å². The lowest BCUT2D eigenvalue weighted by molar-refractivity contribution is -0.0497. The van der Waals surface area contributed by atoms with Gasteiger partial charge in [0, 0.05) is 29.4 Å². The number of fused-ring (bicyclic) bond motifs is 3. The van der Waals surface area contributed by atoms with Crippen LogP contribution in [0.15, 0.2) is 66.9 Å². The van der Waals surface area contributed by atoms with E-state index in [4.69, 9.17) is 0 Å². The Labute approximate surface area is 215 Å². The zero-order valence-electron chi connectivity index (χ0n) is 21.6. The topological polar surface area (TPSA) is 62.2 Å². The van der Waals surface area contributed by atoms with Crippen LogP contribution in [0.3, 0.4) is 0 Å². The van der Waals surface area contributed by atoms with E-state index in [1.165, 1.54) is 16.7 Å². The van der Waals surface area contributed by atoms with Crippen LogP contribution >= 0.6 is 0 Å². The number of aliphatic hydroxyl groups is 1. The van der Waals surface area contributed by atoms with Gasteiger partial charge in [-0.05, 0) is 105 Å². The van der Waals surface area contributed by atoms with E-state index in [-0.39, 0.29) is 11.3 Å². The molecule has 0 unspecified atom stereocenters. The fraction of sp³-hybridized carbons (Fsp3) is 0.438. The van der Waals surface area contributed by atoms with Crippen LogP contribution in [0.5, 0.6) is 0 Å². The van der Waals surface area contributed by atoms with Gasteiger partial charge in [0.25, 0.3) is 5.91 Å². The SMILES string of the molecule is CC[C@@]1(O)CC[C@@]2(Cc3ccccc3)c3ccc(C(=O)NCc4cccnc4C)cc3CCC[C@H]2C1. The summed E-state index contributed by atoms with van der Waals surface area (Å²) < 4.78 is 0. The molecule has 4 heteroatoms. The first-order valence-corrected chi connectivity index (χ1v) is 13.5. The lowest BCUT2D eigenvalue weighted by Gasteiger charge is -2.50. The molecule has 4 nitrogen and oxygen atoms in total. The number of hydrogen-bond acceptors (Lipinski definition) is 3. The van der Waals surface area contributed by atoms with Gasteiger partial charge in [0.1, 0.15) is 0 Å². The Morgan fingerprint density at radius 1 is 1.11 bits per heavy atom. The highest BCUT2D eigenvalue weighted by Gasteiger charge is 2.50. The Morgan fingerprint density at radius 2 is 1.94 bits per heavy atom. The number of pyridine rings is 1. The van der Waals surface area contributed by atoms with E-state index in [0.29, 0.717) is 12.5 Å². The molecule has 0 radical (unpaired) electrons. The molecular formula is C32H38N2O2. The zero-order chi connectivity index (χ0) is 25.2. The largest absolute Gasteiger partial charge is 0.390 e. The number of nitrogens with zero attached hydrogens (tertiary/aromatic N) is 1. The van der Waals surface area contributed by atoms with Crippen molar-refractivity contribution in [1.29, 1.82) is 0 Å². The highest BCUT2D eigenvalue weighted by molar-refractivity contribution is 5.94. The molecule has 1 heterocycles. The highest BCUT2D eigenvalue weighted by atomic mass is 16.3. The molecule has 0 saturated heterocycles. The maximum atomic E-state index is 13.1. The van der Waals surface area contributed by atoms with E-state index in [1.54, 1.807) is 6.20 Å². The predicted octanol–water partition coefficient (Wildman–Crippen LogP) is 6.08. The minimum absolute atomic E-state index is 0.00356. The van der Waals surface area contributed by atoms with Crippen LogP contribution in [0.2, 0.25) is 0 Å². The van der Waals surface area contributed by atoms with Gasteiger partial charge in [-0.1, -0.05) is 49.4 Å². The summed E-state index contributed by atoms with van der Waals surface area (Å²) in [4.78, 5) is 17.4. The Morgan fingerprint density at radius 3 is 2.72 bits per heavy atom. The van der Waals surface area contributed by atoms with E-state index < -0.39 is 5.60 Å². The predicted molar refractivity (Wildman–Crippen MR) is 144 cm³/mol. The first kappa shape index (κ1) is 24.7. The van der Waals surface area contributed by atoms with Crippen molar-refractivity contribution in [3.05, 3.63) is 100 Å². The minimum atomic E-state index is -0.556. The molecule has 1 amide bonds. The first-order chi connectivity index (χ1) is 17.4. The third-order valence-corrected chi connectivity index (χ3v) is 8.92. The average molecular weight is 483 g/mol. The van der Waals surface area contributed by atoms with E-state index >= 15 is 0 Å². The van der Waals surface area contributed by atoms with Crippen LogP contribution in [-0.2, 0) is 24.8 Å². The Hall–Kier alpha value is -2.98. The third-order valence-electron chi connectivity index (χ3n) is 8.92. The van der Waals surface area contributed by atoms with E-state index in [9.17, 15) is 9.90 Å². The molecule has 36 heavy (non-hydrogen) atoms. The van der Waals surface area contributed by atoms with Crippen molar-refractivity contribution in [2.75, 3.05) is 0 Å². The van der Waals surface area contributed by atoms with Crippen molar-refractivity contribution in [3.8, 4) is 0 Å². The number of carbonyl (C=O) groups excluding carboxylic acids is 1. The van der Waals surface area contributed by atoms with Crippen LogP contribution in [0.4, 0.5) is 0 Å². The van der Waals surface area contributed by atoms with Crippen molar-refractivity contribution in [1.82, 2.24) is 10.3 Å². The van der Waals surface area contributed by atoms with Crippen molar-refractivity contribution in [2.24, 2.45) is 5.92 Å². The summed E-state index contributed by atoms with van der Waals surface area (Å²) in [6.45, 7) is 4.56. The van der Waals surface area contributed by atoms with Crippen LogP contribution in [0, 0.1) is 12.8 Å². The second-order valence-corrected chi connectivity index (χ2v) is 11.0. The van der Waals surface area contributed by atoms with Crippen LogP contribution in [0.25, 0.3) is 0 Å². The third kappa shape index (κ3) is 4.84. The summed E-state index contributed by atoms with van der Waals surface area (Å²) >= 11 is 0. The molecule has 2 aromatic carbocycles. The van der Waals surface area contributed by atoms with Crippen molar-refractivity contribution >= 4 is 5.91 Å².